The monoisotopic (exact) mass is 632 g/mol. The number of carbonyl (C=O) groups is 2. The van der Waals surface area contributed by atoms with Crippen LogP contribution >= 0.6 is 34.5 Å². The Morgan fingerprint density at radius 3 is 2.23 bits per heavy atom. The van der Waals surface area contributed by atoms with E-state index < -0.39 is 49.6 Å². The van der Waals surface area contributed by atoms with Gasteiger partial charge in [-0.1, -0.05) is 43.1 Å². The van der Waals surface area contributed by atoms with Gasteiger partial charge < -0.3 is 15.7 Å². The molecule has 0 bridgehead atoms. The highest BCUT2D eigenvalue weighted by Gasteiger charge is 2.39. The summed E-state index contributed by atoms with van der Waals surface area (Å²) in [5, 5.41) is 14.0. The Balaban J connectivity index is 2.55. The molecule has 0 aliphatic heterocycles. The van der Waals surface area contributed by atoms with Crippen molar-refractivity contribution in [3.63, 3.8) is 0 Å². The molecular weight excluding hydrogens is 604 g/mol. The number of aliphatic hydroxyl groups is 1. The van der Waals surface area contributed by atoms with Gasteiger partial charge in [0.25, 0.3) is 11.8 Å². The average Bonchev–Trinajstić information content (AvgIpc) is 3.22. The topological polar surface area (TPSA) is 137 Å². The molecule has 0 saturated heterocycles. The zero-order valence-corrected chi connectivity index (χ0v) is 24.8. The van der Waals surface area contributed by atoms with Crippen molar-refractivity contribution in [1.29, 1.82) is 0 Å². The zero-order valence-electron chi connectivity index (χ0n) is 21.7. The van der Waals surface area contributed by atoms with E-state index in [2.05, 4.69) is 15.6 Å². The summed E-state index contributed by atoms with van der Waals surface area (Å²) in [5.41, 5.74) is -1.37. The van der Waals surface area contributed by atoms with Crippen LogP contribution in [0.4, 0.5) is 13.2 Å². The summed E-state index contributed by atoms with van der Waals surface area (Å²) < 4.78 is 65.5. The van der Waals surface area contributed by atoms with Crippen molar-refractivity contribution in [1.82, 2.24) is 20.3 Å². The molecule has 0 aliphatic rings. The molecule has 218 valence electrons. The lowest BCUT2D eigenvalue weighted by atomic mass is 10.1. The lowest BCUT2D eigenvalue weighted by Crippen LogP contribution is -2.43. The number of alkyl halides is 3. The van der Waals surface area contributed by atoms with E-state index in [4.69, 9.17) is 23.2 Å². The van der Waals surface area contributed by atoms with Crippen LogP contribution in [0.5, 0.6) is 0 Å². The summed E-state index contributed by atoms with van der Waals surface area (Å²) in [6.07, 6.45) is -4.18. The predicted octanol–water partition coefficient (Wildman–Crippen LogP) is 4.62. The molecule has 0 saturated carbocycles. The summed E-state index contributed by atoms with van der Waals surface area (Å²) in [5.74, 6) is -1.02. The van der Waals surface area contributed by atoms with Crippen molar-refractivity contribution in [3.05, 3.63) is 32.9 Å². The third-order valence-electron chi connectivity index (χ3n) is 5.13. The number of amides is 2. The first-order chi connectivity index (χ1) is 17.7. The van der Waals surface area contributed by atoms with Crippen LogP contribution in [0.25, 0.3) is 10.4 Å². The van der Waals surface area contributed by atoms with Gasteiger partial charge in [-0.15, -0.1) is 11.3 Å². The molecule has 1 atom stereocenters. The molecule has 0 aliphatic carbocycles. The van der Waals surface area contributed by atoms with E-state index in [1.807, 2.05) is 13.8 Å². The number of carbonyl (C=O) groups excluding carboxylic acids is 2. The van der Waals surface area contributed by atoms with E-state index in [9.17, 15) is 36.3 Å². The summed E-state index contributed by atoms with van der Waals surface area (Å²) >= 11 is 13.3. The van der Waals surface area contributed by atoms with Crippen LogP contribution in [-0.2, 0) is 10.0 Å². The van der Waals surface area contributed by atoms with Gasteiger partial charge in [-0.3, -0.25) is 9.59 Å². The largest absolute Gasteiger partial charge is 0.404 e. The number of rotatable bonds is 11. The highest BCUT2D eigenvalue weighted by molar-refractivity contribution is 7.89. The molecule has 2 amide bonds. The van der Waals surface area contributed by atoms with Gasteiger partial charge in [-0.2, -0.15) is 17.9 Å². The summed E-state index contributed by atoms with van der Waals surface area (Å²) in [6.45, 7) is 7.72. The Kier molecular flexibility index (Phi) is 10.8. The molecule has 0 radical (unpaired) electrons. The van der Waals surface area contributed by atoms with Crippen molar-refractivity contribution >= 4 is 56.4 Å². The SMILES string of the molecule is CC(C)CCNC(=O)c1nc(C(=O)NCC(C)(C)O)sc1-c1ccc(S(=O)(=O)N[C@@H](C)C(F)(F)F)c(Cl)c1Cl. The Hall–Kier alpha value is -1.97. The van der Waals surface area contributed by atoms with Crippen LogP contribution in [0.3, 0.4) is 0 Å². The van der Waals surface area contributed by atoms with E-state index in [0.29, 0.717) is 25.8 Å². The molecule has 4 N–H and O–H groups in total. The van der Waals surface area contributed by atoms with Crippen LogP contribution in [0, 0.1) is 5.92 Å². The Bertz CT molecular complexity index is 1330. The third kappa shape index (κ3) is 9.02. The fourth-order valence-electron chi connectivity index (χ4n) is 2.96. The fraction of sp³-hybridized carbons (Fsp3) is 0.522. The summed E-state index contributed by atoms with van der Waals surface area (Å²) in [4.78, 5) is 29.2. The first-order valence-corrected chi connectivity index (χ1v) is 14.7. The number of aromatic nitrogens is 1. The van der Waals surface area contributed by atoms with E-state index in [-0.39, 0.29) is 32.7 Å². The number of sulfonamides is 1. The molecule has 16 heteroatoms. The standard InChI is InChI=1S/C23H29Cl2F3N4O5S2/c1-11(2)8-9-29-19(33)17-18(38-21(31-17)20(34)30-10-22(4,5)35)13-6-7-14(16(25)15(13)24)39(36,37)32-12(3)23(26,27)28/h6-7,11-12,32,35H,8-10H2,1-5H3,(H,29,33)(H,30,34)/t12-/m0/s1. The molecular formula is C23H29Cl2F3N4O5S2. The lowest BCUT2D eigenvalue weighted by molar-refractivity contribution is -0.147. The Morgan fingerprint density at radius 2 is 1.69 bits per heavy atom. The van der Waals surface area contributed by atoms with Gasteiger partial charge >= 0.3 is 6.18 Å². The first-order valence-electron chi connectivity index (χ1n) is 11.6. The maximum absolute atomic E-state index is 13.0. The molecule has 39 heavy (non-hydrogen) atoms. The molecule has 0 spiro atoms. The molecule has 1 aromatic carbocycles. The van der Waals surface area contributed by atoms with Crippen LogP contribution < -0.4 is 15.4 Å². The Morgan fingerprint density at radius 1 is 1.08 bits per heavy atom. The van der Waals surface area contributed by atoms with E-state index >= 15 is 0 Å². The number of hydrogen-bond donors (Lipinski definition) is 4. The minimum atomic E-state index is -4.84. The smallest absolute Gasteiger partial charge is 0.389 e. The minimum absolute atomic E-state index is 0.0394. The van der Waals surface area contributed by atoms with Gasteiger partial charge in [-0.25, -0.2) is 13.4 Å². The van der Waals surface area contributed by atoms with Gasteiger partial charge in [0.15, 0.2) is 5.01 Å². The van der Waals surface area contributed by atoms with Gasteiger partial charge in [0, 0.05) is 18.7 Å². The maximum atomic E-state index is 13.0. The highest BCUT2D eigenvalue weighted by atomic mass is 35.5. The molecule has 0 unspecified atom stereocenters. The number of nitrogens with one attached hydrogen (secondary N) is 3. The lowest BCUT2D eigenvalue weighted by Gasteiger charge is -2.18. The van der Waals surface area contributed by atoms with Gasteiger partial charge in [-0.05, 0) is 39.2 Å². The molecule has 2 rings (SSSR count). The molecule has 1 aromatic heterocycles. The van der Waals surface area contributed by atoms with E-state index in [1.54, 1.807) is 0 Å². The molecule has 2 aromatic rings. The van der Waals surface area contributed by atoms with Crippen LogP contribution in [0.15, 0.2) is 17.0 Å². The average molecular weight is 634 g/mol. The van der Waals surface area contributed by atoms with Crippen molar-refractivity contribution in [2.45, 2.75) is 63.8 Å². The quantitative estimate of drug-likeness (QED) is 0.285. The number of benzene rings is 1. The molecule has 0 fully saturated rings. The normalized spacial score (nSPS) is 13.4. The van der Waals surface area contributed by atoms with Crippen molar-refractivity contribution in [2.75, 3.05) is 13.1 Å². The maximum Gasteiger partial charge on any atom is 0.404 e. The van der Waals surface area contributed by atoms with Gasteiger partial charge in [0.2, 0.25) is 10.0 Å². The first kappa shape index (κ1) is 33.2. The second-order valence-corrected chi connectivity index (χ2v) is 13.2. The number of halogens is 5. The van der Waals surface area contributed by atoms with E-state index in [0.717, 1.165) is 23.5 Å². The number of thiazole rings is 1. The Labute approximate surface area is 238 Å². The zero-order chi connectivity index (χ0) is 29.9. The predicted molar refractivity (Wildman–Crippen MR) is 144 cm³/mol. The van der Waals surface area contributed by atoms with Crippen molar-refractivity contribution in [3.8, 4) is 10.4 Å². The number of nitrogens with zero attached hydrogens (tertiary/aromatic N) is 1. The van der Waals surface area contributed by atoms with E-state index in [1.165, 1.54) is 18.6 Å². The summed E-state index contributed by atoms with van der Waals surface area (Å²) in [6, 6.07) is -0.286. The molecule has 1 heterocycles. The van der Waals surface area contributed by atoms with Gasteiger partial charge in [0.05, 0.1) is 20.5 Å². The van der Waals surface area contributed by atoms with Crippen LogP contribution in [0.2, 0.25) is 10.0 Å². The van der Waals surface area contributed by atoms with Gasteiger partial charge in [0.1, 0.15) is 16.6 Å². The minimum Gasteiger partial charge on any atom is -0.389 e. The van der Waals surface area contributed by atoms with Crippen LogP contribution in [-0.4, -0.2) is 61.2 Å². The van der Waals surface area contributed by atoms with Crippen LogP contribution in [0.1, 0.15) is 61.3 Å². The van der Waals surface area contributed by atoms with Crippen molar-refractivity contribution in [2.24, 2.45) is 5.92 Å². The molecule has 9 nitrogen and oxygen atoms in total. The second-order valence-electron chi connectivity index (χ2n) is 9.75. The summed E-state index contributed by atoms with van der Waals surface area (Å²) in [7, 11) is -4.74. The fourth-order valence-corrected chi connectivity index (χ4v) is 6.12. The highest BCUT2D eigenvalue weighted by Crippen LogP contribution is 2.41. The number of hydrogen-bond acceptors (Lipinski definition) is 7. The van der Waals surface area contributed by atoms with Crippen molar-refractivity contribution < 1.29 is 36.3 Å². The third-order valence-corrected chi connectivity index (χ3v) is 8.79. The second kappa shape index (κ2) is 12.7.